The van der Waals surface area contributed by atoms with E-state index in [0.29, 0.717) is 13.0 Å². The Morgan fingerprint density at radius 1 is 1.22 bits per heavy atom. The zero-order valence-electron chi connectivity index (χ0n) is 9.46. The number of anilines is 1. The van der Waals surface area contributed by atoms with Gasteiger partial charge in [-0.25, -0.2) is 4.98 Å². The summed E-state index contributed by atoms with van der Waals surface area (Å²) in [5.74, 6) is 0.743. The van der Waals surface area contributed by atoms with Crippen LogP contribution in [0.15, 0.2) is 36.7 Å². The molecule has 0 bridgehead atoms. The van der Waals surface area contributed by atoms with Crippen LogP contribution in [-0.2, 0) is 12.6 Å². The molecule has 2 aromatic rings. The van der Waals surface area contributed by atoms with Gasteiger partial charge in [-0.05, 0) is 12.1 Å². The number of alkyl halides is 3. The van der Waals surface area contributed by atoms with Crippen molar-refractivity contribution in [3.8, 4) is 0 Å². The number of hydrogen-bond acceptors (Lipinski definition) is 2. The highest BCUT2D eigenvalue weighted by molar-refractivity contribution is 5.52. The summed E-state index contributed by atoms with van der Waals surface area (Å²) in [7, 11) is 0. The molecule has 3 nitrogen and oxygen atoms in total. The maximum atomic E-state index is 12.7. The molecule has 18 heavy (non-hydrogen) atoms. The molecule has 0 fully saturated rings. The maximum absolute atomic E-state index is 12.7. The molecule has 6 heteroatoms. The molecule has 2 rings (SSSR count). The Labute approximate surface area is 102 Å². The van der Waals surface area contributed by atoms with Gasteiger partial charge in [-0.1, -0.05) is 12.1 Å². The van der Waals surface area contributed by atoms with E-state index in [4.69, 9.17) is 0 Å². The molecule has 1 heterocycles. The van der Waals surface area contributed by atoms with Gasteiger partial charge in [0.2, 0.25) is 0 Å². The molecule has 0 saturated heterocycles. The topological polar surface area (TPSA) is 40.7 Å². The molecule has 0 unspecified atom stereocenters. The minimum atomic E-state index is -4.34. The highest BCUT2D eigenvalue weighted by atomic mass is 19.4. The van der Waals surface area contributed by atoms with Crippen molar-refractivity contribution in [2.45, 2.75) is 12.6 Å². The van der Waals surface area contributed by atoms with Crippen molar-refractivity contribution in [2.24, 2.45) is 0 Å². The third kappa shape index (κ3) is 3.03. The number of aromatic nitrogens is 2. The highest BCUT2D eigenvalue weighted by Crippen LogP contribution is 2.34. The van der Waals surface area contributed by atoms with E-state index in [1.165, 1.54) is 12.1 Å². The lowest BCUT2D eigenvalue weighted by Gasteiger charge is -2.13. The zero-order valence-corrected chi connectivity index (χ0v) is 9.46. The van der Waals surface area contributed by atoms with E-state index in [1.807, 2.05) is 0 Å². The van der Waals surface area contributed by atoms with Gasteiger partial charge in [0, 0.05) is 31.0 Å². The molecule has 0 saturated carbocycles. The minimum absolute atomic E-state index is 0.0940. The zero-order chi connectivity index (χ0) is 13.0. The van der Waals surface area contributed by atoms with E-state index < -0.39 is 11.7 Å². The van der Waals surface area contributed by atoms with Crippen LogP contribution in [0.4, 0.5) is 18.9 Å². The number of rotatable bonds is 4. The number of benzene rings is 1. The summed E-state index contributed by atoms with van der Waals surface area (Å²) in [4.78, 5) is 6.90. The molecular formula is C12H12F3N3. The van der Waals surface area contributed by atoms with Crippen LogP contribution in [0.25, 0.3) is 0 Å². The van der Waals surface area contributed by atoms with E-state index in [2.05, 4.69) is 15.3 Å². The van der Waals surface area contributed by atoms with Crippen LogP contribution >= 0.6 is 0 Å². The number of nitrogens with zero attached hydrogens (tertiary/aromatic N) is 1. The Bertz CT molecular complexity index is 492. The van der Waals surface area contributed by atoms with Crippen LogP contribution in [0.3, 0.4) is 0 Å². The first-order chi connectivity index (χ1) is 8.57. The Morgan fingerprint density at radius 3 is 2.67 bits per heavy atom. The standard InChI is InChI=1S/C12H12F3N3/c13-12(14,15)9-3-1-2-4-10(9)16-6-5-11-17-7-8-18-11/h1-4,7-8,16H,5-6H2,(H,17,18). The van der Waals surface area contributed by atoms with Gasteiger partial charge < -0.3 is 10.3 Å². The van der Waals surface area contributed by atoms with Crippen LogP contribution < -0.4 is 5.32 Å². The van der Waals surface area contributed by atoms with Gasteiger partial charge in [-0.2, -0.15) is 13.2 Å². The first-order valence-electron chi connectivity index (χ1n) is 5.46. The fraction of sp³-hybridized carbons (Fsp3) is 0.250. The number of imidazole rings is 1. The average Bonchev–Trinajstić information content (AvgIpc) is 2.81. The summed E-state index contributed by atoms with van der Waals surface area (Å²) < 4.78 is 38.1. The quantitative estimate of drug-likeness (QED) is 0.881. The van der Waals surface area contributed by atoms with Crippen molar-refractivity contribution in [3.63, 3.8) is 0 Å². The van der Waals surface area contributed by atoms with E-state index >= 15 is 0 Å². The Balaban J connectivity index is 2.01. The first-order valence-corrected chi connectivity index (χ1v) is 5.46. The van der Waals surface area contributed by atoms with Crippen molar-refractivity contribution in [3.05, 3.63) is 48.0 Å². The van der Waals surface area contributed by atoms with Gasteiger partial charge in [0.25, 0.3) is 0 Å². The fourth-order valence-electron chi connectivity index (χ4n) is 1.63. The predicted octanol–water partition coefficient (Wildman–Crippen LogP) is 3.08. The van der Waals surface area contributed by atoms with Crippen molar-refractivity contribution < 1.29 is 13.2 Å². The number of halogens is 3. The van der Waals surface area contributed by atoms with E-state index in [-0.39, 0.29) is 5.69 Å². The van der Waals surface area contributed by atoms with Crippen LogP contribution in [0, 0.1) is 0 Å². The van der Waals surface area contributed by atoms with Crippen LogP contribution in [0.5, 0.6) is 0 Å². The largest absolute Gasteiger partial charge is 0.418 e. The molecule has 1 aromatic heterocycles. The molecule has 0 spiro atoms. The SMILES string of the molecule is FC(F)(F)c1ccccc1NCCc1ncc[nH]1. The molecule has 0 aliphatic rings. The molecule has 0 aliphatic carbocycles. The summed E-state index contributed by atoms with van der Waals surface area (Å²) >= 11 is 0. The molecule has 0 aliphatic heterocycles. The monoisotopic (exact) mass is 255 g/mol. The fourth-order valence-corrected chi connectivity index (χ4v) is 1.63. The molecule has 1 aromatic carbocycles. The number of H-pyrrole nitrogens is 1. The van der Waals surface area contributed by atoms with Crippen molar-refractivity contribution in [2.75, 3.05) is 11.9 Å². The van der Waals surface area contributed by atoms with Gasteiger partial charge in [0.1, 0.15) is 5.82 Å². The lowest BCUT2D eigenvalue weighted by molar-refractivity contribution is -0.136. The van der Waals surface area contributed by atoms with E-state index in [1.54, 1.807) is 18.5 Å². The Kier molecular flexibility index (Phi) is 3.55. The predicted molar refractivity (Wildman–Crippen MR) is 62.2 cm³/mol. The summed E-state index contributed by atoms with van der Waals surface area (Å²) in [5.41, 5.74) is -0.555. The van der Waals surface area contributed by atoms with E-state index in [0.717, 1.165) is 11.9 Å². The summed E-state index contributed by atoms with van der Waals surface area (Å²) in [6.07, 6.45) is -0.508. The second-order valence-corrected chi connectivity index (χ2v) is 3.76. The van der Waals surface area contributed by atoms with Crippen LogP contribution in [0.1, 0.15) is 11.4 Å². The number of hydrogen-bond donors (Lipinski definition) is 2. The normalized spacial score (nSPS) is 11.5. The van der Waals surface area contributed by atoms with Gasteiger partial charge in [-0.3, -0.25) is 0 Å². The van der Waals surface area contributed by atoms with Crippen molar-refractivity contribution in [1.29, 1.82) is 0 Å². The van der Waals surface area contributed by atoms with Crippen molar-refractivity contribution >= 4 is 5.69 Å². The van der Waals surface area contributed by atoms with Crippen LogP contribution in [0.2, 0.25) is 0 Å². The summed E-state index contributed by atoms with van der Waals surface area (Å²) in [5, 5.41) is 2.78. The van der Waals surface area contributed by atoms with E-state index in [9.17, 15) is 13.2 Å². The summed E-state index contributed by atoms with van der Waals surface area (Å²) in [6, 6.07) is 5.44. The smallest absolute Gasteiger partial charge is 0.384 e. The average molecular weight is 255 g/mol. The lowest BCUT2D eigenvalue weighted by Crippen LogP contribution is -2.12. The number of aromatic amines is 1. The lowest BCUT2D eigenvalue weighted by atomic mass is 10.1. The Morgan fingerprint density at radius 2 is 2.00 bits per heavy atom. The van der Waals surface area contributed by atoms with Gasteiger partial charge in [-0.15, -0.1) is 0 Å². The molecule has 0 amide bonds. The molecule has 96 valence electrons. The third-order valence-corrected chi connectivity index (χ3v) is 2.46. The van der Waals surface area contributed by atoms with Gasteiger partial charge in [0.05, 0.1) is 5.56 Å². The maximum Gasteiger partial charge on any atom is 0.418 e. The third-order valence-electron chi connectivity index (χ3n) is 2.46. The second kappa shape index (κ2) is 5.12. The Hall–Kier alpha value is -1.98. The summed E-state index contributed by atoms with van der Waals surface area (Å²) in [6.45, 7) is 0.389. The second-order valence-electron chi connectivity index (χ2n) is 3.76. The molecule has 2 N–H and O–H groups in total. The van der Waals surface area contributed by atoms with Gasteiger partial charge in [0.15, 0.2) is 0 Å². The molecule has 0 atom stereocenters. The highest BCUT2D eigenvalue weighted by Gasteiger charge is 2.32. The van der Waals surface area contributed by atoms with Gasteiger partial charge >= 0.3 is 6.18 Å². The van der Waals surface area contributed by atoms with Crippen LogP contribution in [-0.4, -0.2) is 16.5 Å². The first kappa shape index (κ1) is 12.5. The number of nitrogens with one attached hydrogen (secondary N) is 2. The van der Waals surface area contributed by atoms with Crippen molar-refractivity contribution in [1.82, 2.24) is 9.97 Å². The molecule has 0 radical (unpaired) electrons. The minimum Gasteiger partial charge on any atom is -0.384 e. The number of para-hydroxylation sites is 1. The molecular weight excluding hydrogens is 243 g/mol.